The molecular weight excluding hydrogens is 350 g/mol. The van der Waals surface area contributed by atoms with Gasteiger partial charge in [-0.15, -0.1) is 0 Å². The van der Waals surface area contributed by atoms with Crippen molar-refractivity contribution in [3.05, 3.63) is 53.3 Å². The normalized spacial score (nSPS) is 12.8. The number of amides is 1. The maximum Gasteiger partial charge on any atom is 0.408 e. The molecule has 1 heterocycles. The standard InChI is InChI=1S/C20H22ClN3O2/c1-12(22-19(25)26-20(2,3)4)18-23-16-11-7-9-14(17(16)24-18)13-8-5-6-10-15(13)21/h5-12H,1-4H3,(H,22,25)(H,23,24)/t12-/m0/s1. The molecular formula is C20H22ClN3O2. The van der Waals surface area contributed by atoms with Crippen molar-refractivity contribution in [3.8, 4) is 11.1 Å². The molecule has 2 aromatic carbocycles. The molecule has 5 nitrogen and oxygen atoms in total. The van der Waals surface area contributed by atoms with Crippen LogP contribution in [0.25, 0.3) is 22.2 Å². The van der Waals surface area contributed by atoms with Crippen LogP contribution >= 0.6 is 11.6 Å². The summed E-state index contributed by atoms with van der Waals surface area (Å²) in [4.78, 5) is 20.0. The fourth-order valence-electron chi connectivity index (χ4n) is 2.71. The zero-order valence-electron chi connectivity index (χ0n) is 15.3. The predicted octanol–water partition coefficient (Wildman–Crippen LogP) is 5.47. The minimum atomic E-state index is -0.547. The zero-order chi connectivity index (χ0) is 18.9. The lowest BCUT2D eigenvalue weighted by Crippen LogP contribution is -2.34. The van der Waals surface area contributed by atoms with Crippen molar-refractivity contribution in [2.24, 2.45) is 0 Å². The number of aromatic nitrogens is 2. The second-order valence-corrected chi connectivity index (χ2v) is 7.58. The lowest BCUT2D eigenvalue weighted by molar-refractivity contribution is 0.0506. The molecule has 136 valence electrons. The average molecular weight is 372 g/mol. The number of hydrogen-bond acceptors (Lipinski definition) is 3. The molecule has 0 saturated heterocycles. The van der Waals surface area contributed by atoms with Crippen LogP contribution in [0.3, 0.4) is 0 Å². The largest absolute Gasteiger partial charge is 0.444 e. The Morgan fingerprint density at radius 1 is 1.15 bits per heavy atom. The Hall–Kier alpha value is -2.53. The fourth-order valence-corrected chi connectivity index (χ4v) is 2.94. The molecule has 2 N–H and O–H groups in total. The van der Waals surface area contributed by atoms with E-state index < -0.39 is 11.7 Å². The minimum Gasteiger partial charge on any atom is -0.444 e. The number of benzene rings is 2. The van der Waals surface area contributed by atoms with Crippen LogP contribution in [-0.2, 0) is 4.74 Å². The first kappa shape index (κ1) is 18.3. The third kappa shape index (κ3) is 3.99. The fraction of sp³-hybridized carbons (Fsp3) is 0.300. The molecule has 0 saturated carbocycles. The summed E-state index contributed by atoms with van der Waals surface area (Å²) in [5.41, 5.74) is 3.02. The highest BCUT2D eigenvalue weighted by atomic mass is 35.5. The number of nitrogens with one attached hydrogen (secondary N) is 2. The molecule has 0 aliphatic heterocycles. The zero-order valence-corrected chi connectivity index (χ0v) is 16.0. The van der Waals surface area contributed by atoms with Gasteiger partial charge in [0.15, 0.2) is 0 Å². The number of ether oxygens (including phenoxy) is 1. The molecule has 3 rings (SSSR count). The van der Waals surface area contributed by atoms with Crippen molar-refractivity contribution < 1.29 is 9.53 Å². The van der Waals surface area contributed by atoms with Crippen molar-refractivity contribution in [2.45, 2.75) is 39.3 Å². The van der Waals surface area contributed by atoms with E-state index in [4.69, 9.17) is 21.3 Å². The maximum absolute atomic E-state index is 12.0. The van der Waals surface area contributed by atoms with Gasteiger partial charge in [-0.25, -0.2) is 9.78 Å². The van der Waals surface area contributed by atoms with Gasteiger partial charge in [0.2, 0.25) is 0 Å². The van der Waals surface area contributed by atoms with Crippen LogP contribution in [-0.4, -0.2) is 21.7 Å². The molecule has 26 heavy (non-hydrogen) atoms. The van der Waals surface area contributed by atoms with Crippen LogP contribution in [0.15, 0.2) is 42.5 Å². The summed E-state index contributed by atoms with van der Waals surface area (Å²) < 4.78 is 5.30. The molecule has 0 aliphatic rings. The Morgan fingerprint density at radius 2 is 1.85 bits per heavy atom. The highest BCUT2D eigenvalue weighted by Gasteiger charge is 2.20. The summed E-state index contributed by atoms with van der Waals surface area (Å²) in [6.07, 6.45) is -0.475. The van der Waals surface area contributed by atoms with Crippen LogP contribution in [0.5, 0.6) is 0 Å². The van der Waals surface area contributed by atoms with Crippen LogP contribution in [0.4, 0.5) is 4.79 Å². The number of halogens is 1. The SMILES string of the molecule is C[C@H](NC(=O)OC(C)(C)C)c1nc2c(-c3ccccc3Cl)cccc2[nH]1. The summed E-state index contributed by atoms with van der Waals surface area (Å²) in [5, 5.41) is 3.47. The van der Waals surface area contributed by atoms with Crippen LogP contribution in [0, 0.1) is 0 Å². The number of carbonyl (C=O) groups excluding carboxylic acids is 1. The van der Waals surface area contributed by atoms with Crippen LogP contribution in [0.1, 0.15) is 39.6 Å². The van der Waals surface area contributed by atoms with Crippen molar-refractivity contribution in [1.82, 2.24) is 15.3 Å². The van der Waals surface area contributed by atoms with E-state index >= 15 is 0 Å². The van der Waals surface area contributed by atoms with Crippen molar-refractivity contribution in [3.63, 3.8) is 0 Å². The lowest BCUT2D eigenvalue weighted by Gasteiger charge is -2.21. The van der Waals surface area contributed by atoms with Gasteiger partial charge in [0.1, 0.15) is 11.4 Å². The molecule has 6 heteroatoms. The summed E-state index contributed by atoms with van der Waals surface area (Å²) in [6.45, 7) is 7.34. The number of rotatable bonds is 3. The van der Waals surface area contributed by atoms with Crippen LogP contribution in [0.2, 0.25) is 5.02 Å². The number of nitrogens with zero attached hydrogens (tertiary/aromatic N) is 1. The summed E-state index contributed by atoms with van der Waals surface area (Å²) >= 11 is 6.35. The Kier molecular flexibility index (Phi) is 4.92. The van der Waals surface area contributed by atoms with Gasteiger partial charge in [0.05, 0.1) is 17.1 Å². The molecule has 1 aromatic heterocycles. The topological polar surface area (TPSA) is 67.0 Å². The first-order valence-corrected chi connectivity index (χ1v) is 8.85. The quantitative estimate of drug-likeness (QED) is 0.641. The van der Waals surface area contributed by atoms with E-state index in [-0.39, 0.29) is 6.04 Å². The van der Waals surface area contributed by atoms with E-state index in [1.165, 1.54) is 0 Å². The Bertz CT molecular complexity index is 944. The van der Waals surface area contributed by atoms with E-state index in [1.807, 2.05) is 70.2 Å². The molecule has 1 atom stereocenters. The molecule has 3 aromatic rings. The van der Waals surface area contributed by atoms with Gasteiger partial charge in [-0.1, -0.05) is 41.9 Å². The lowest BCUT2D eigenvalue weighted by atomic mass is 10.0. The van der Waals surface area contributed by atoms with E-state index in [0.29, 0.717) is 10.8 Å². The molecule has 0 fully saturated rings. The molecule has 0 unspecified atom stereocenters. The monoisotopic (exact) mass is 371 g/mol. The molecule has 0 radical (unpaired) electrons. The Morgan fingerprint density at radius 3 is 2.54 bits per heavy atom. The van der Waals surface area contributed by atoms with Gasteiger partial charge in [-0.05, 0) is 39.8 Å². The van der Waals surface area contributed by atoms with Gasteiger partial charge in [0, 0.05) is 16.1 Å². The van der Waals surface area contributed by atoms with Crippen molar-refractivity contribution >= 4 is 28.7 Å². The van der Waals surface area contributed by atoms with Crippen molar-refractivity contribution in [1.29, 1.82) is 0 Å². The van der Waals surface area contributed by atoms with Crippen LogP contribution < -0.4 is 5.32 Å². The van der Waals surface area contributed by atoms with E-state index in [1.54, 1.807) is 0 Å². The Labute approximate surface area is 157 Å². The number of imidazole rings is 1. The van der Waals surface area contributed by atoms with Gasteiger partial charge in [-0.3, -0.25) is 0 Å². The maximum atomic E-state index is 12.0. The number of H-pyrrole nitrogens is 1. The van der Waals surface area contributed by atoms with Gasteiger partial charge < -0.3 is 15.0 Å². The number of aromatic amines is 1. The first-order valence-electron chi connectivity index (χ1n) is 8.47. The predicted molar refractivity (Wildman–Crippen MR) is 104 cm³/mol. The summed E-state index contributed by atoms with van der Waals surface area (Å²) in [5.74, 6) is 0.658. The van der Waals surface area contributed by atoms with Gasteiger partial charge >= 0.3 is 6.09 Å². The molecule has 1 amide bonds. The number of para-hydroxylation sites is 1. The number of fused-ring (bicyclic) bond motifs is 1. The summed E-state index contributed by atoms with van der Waals surface area (Å²) in [6, 6.07) is 13.2. The molecule has 0 bridgehead atoms. The van der Waals surface area contributed by atoms with E-state index in [0.717, 1.165) is 22.2 Å². The van der Waals surface area contributed by atoms with E-state index in [2.05, 4.69) is 10.3 Å². The molecule has 0 spiro atoms. The number of carbonyl (C=O) groups is 1. The number of hydrogen-bond donors (Lipinski definition) is 2. The highest BCUT2D eigenvalue weighted by molar-refractivity contribution is 6.33. The van der Waals surface area contributed by atoms with Crippen molar-refractivity contribution in [2.75, 3.05) is 0 Å². The van der Waals surface area contributed by atoms with E-state index in [9.17, 15) is 4.79 Å². The second kappa shape index (κ2) is 7.00. The third-order valence-electron chi connectivity index (χ3n) is 3.84. The van der Waals surface area contributed by atoms with Gasteiger partial charge in [-0.2, -0.15) is 0 Å². The number of alkyl carbamates (subject to hydrolysis) is 1. The van der Waals surface area contributed by atoms with Gasteiger partial charge in [0.25, 0.3) is 0 Å². The minimum absolute atomic E-state index is 0.323. The first-order chi connectivity index (χ1) is 12.2. The third-order valence-corrected chi connectivity index (χ3v) is 4.17. The smallest absolute Gasteiger partial charge is 0.408 e. The second-order valence-electron chi connectivity index (χ2n) is 7.17. The molecule has 0 aliphatic carbocycles. The average Bonchev–Trinajstić information content (AvgIpc) is 2.98. The summed E-state index contributed by atoms with van der Waals surface area (Å²) in [7, 11) is 0. The Balaban J connectivity index is 1.91. The highest BCUT2D eigenvalue weighted by Crippen LogP contribution is 2.32.